The van der Waals surface area contributed by atoms with E-state index in [1.54, 1.807) is 11.3 Å². The standard InChI is InChI=1S/C12H17NOS/c14-10-7-3-6-9-11(10)15-12(13-9)8-4-1-2-5-8/h8,10,14H,1-7H2. The summed E-state index contributed by atoms with van der Waals surface area (Å²) in [7, 11) is 0. The minimum Gasteiger partial charge on any atom is -0.388 e. The van der Waals surface area contributed by atoms with Gasteiger partial charge in [-0.3, -0.25) is 0 Å². The molecule has 3 rings (SSSR count). The highest BCUT2D eigenvalue weighted by molar-refractivity contribution is 7.11. The minimum atomic E-state index is -0.221. The third-order valence-electron chi connectivity index (χ3n) is 3.64. The summed E-state index contributed by atoms with van der Waals surface area (Å²) in [6, 6.07) is 0. The summed E-state index contributed by atoms with van der Waals surface area (Å²) in [5, 5.41) is 11.2. The van der Waals surface area contributed by atoms with Crippen molar-refractivity contribution in [2.45, 2.75) is 57.0 Å². The maximum absolute atomic E-state index is 9.89. The lowest BCUT2D eigenvalue weighted by atomic mass is 10.0. The van der Waals surface area contributed by atoms with Crippen molar-refractivity contribution in [1.82, 2.24) is 4.98 Å². The second-order valence-electron chi connectivity index (χ2n) is 4.75. The average Bonchev–Trinajstić information content (AvgIpc) is 2.86. The summed E-state index contributed by atoms with van der Waals surface area (Å²) in [6.07, 6.45) is 8.22. The number of nitrogens with zero attached hydrogens (tertiary/aromatic N) is 1. The highest BCUT2D eigenvalue weighted by atomic mass is 32.1. The predicted octanol–water partition coefficient (Wildman–Crippen LogP) is 3.17. The maximum Gasteiger partial charge on any atom is 0.0963 e. The molecule has 0 aliphatic heterocycles. The quantitative estimate of drug-likeness (QED) is 0.793. The number of rotatable bonds is 1. The molecule has 1 heterocycles. The van der Waals surface area contributed by atoms with Gasteiger partial charge in [0.1, 0.15) is 0 Å². The van der Waals surface area contributed by atoms with Crippen molar-refractivity contribution in [3.63, 3.8) is 0 Å². The first-order chi connectivity index (χ1) is 7.34. The zero-order chi connectivity index (χ0) is 10.3. The third-order valence-corrected chi connectivity index (χ3v) is 5.00. The highest BCUT2D eigenvalue weighted by Gasteiger charge is 2.26. The second kappa shape index (κ2) is 3.87. The molecule has 1 N–H and O–H groups in total. The van der Waals surface area contributed by atoms with E-state index in [0.717, 1.165) is 19.3 Å². The van der Waals surface area contributed by atoms with Crippen molar-refractivity contribution >= 4 is 11.3 Å². The van der Waals surface area contributed by atoms with Crippen LogP contribution in [0.2, 0.25) is 0 Å². The van der Waals surface area contributed by atoms with E-state index in [1.165, 1.54) is 41.3 Å². The maximum atomic E-state index is 9.89. The van der Waals surface area contributed by atoms with Crippen LogP contribution in [0.25, 0.3) is 0 Å². The molecule has 2 aliphatic carbocycles. The lowest BCUT2D eigenvalue weighted by molar-refractivity contribution is 0.160. The number of aryl methyl sites for hydroxylation is 1. The van der Waals surface area contributed by atoms with Gasteiger partial charge in [-0.1, -0.05) is 12.8 Å². The van der Waals surface area contributed by atoms with Crippen LogP contribution in [-0.2, 0) is 6.42 Å². The Hall–Kier alpha value is -0.410. The predicted molar refractivity (Wildman–Crippen MR) is 61.2 cm³/mol. The third kappa shape index (κ3) is 1.72. The van der Waals surface area contributed by atoms with Crippen LogP contribution in [0.3, 0.4) is 0 Å². The molecule has 82 valence electrons. The van der Waals surface area contributed by atoms with Gasteiger partial charge in [0.15, 0.2) is 0 Å². The van der Waals surface area contributed by atoms with Gasteiger partial charge in [-0.15, -0.1) is 11.3 Å². The molecule has 1 unspecified atom stereocenters. The van der Waals surface area contributed by atoms with Gasteiger partial charge in [-0.05, 0) is 32.1 Å². The molecule has 2 nitrogen and oxygen atoms in total. The largest absolute Gasteiger partial charge is 0.388 e. The number of aliphatic hydroxyl groups is 1. The number of hydrogen-bond acceptors (Lipinski definition) is 3. The molecule has 2 aliphatic rings. The normalized spacial score (nSPS) is 26.9. The van der Waals surface area contributed by atoms with E-state index in [9.17, 15) is 5.11 Å². The van der Waals surface area contributed by atoms with Crippen molar-refractivity contribution in [2.24, 2.45) is 0 Å². The Balaban J connectivity index is 1.90. The zero-order valence-corrected chi connectivity index (χ0v) is 9.72. The van der Waals surface area contributed by atoms with E-state index in [2.05, 4.69) is 0 Å². The summed E-state index contributed by atoms with van der Waals surface area (Å²) in [4.78, 5) is 5.91. The Bertz CT molecular complexity index is 355. The summed E-state index contributed by atoms with van der Waals surface area (Å²) in [5.74, 6) is 0.702. The molecule has 0 saturated heterocycles. The molecule has 1 fully saturated rings. The van der Waals surface area contributed by atoms with Gasteiger partial charge in [-0.2, -0.15) is 0 Å². The van der Waals surface area contributed by atoms with Crippen LogP contribution < -0.4 is 0 Å². The van der Waals surface area contributed by atoms with Crippen LogP contribution in [0.5, 0.6) is 0 Å². The van der Waals surface area contributed by atoms with E-state index in [-0.39, 0.29) is 6.10 Å². The first kappa shape index (κ1) is 9.79. The monoisotopic (exact) mass is 223 g/mol. The van der Waals surface area contributed by atoms with Gasteiger partial charge < -0.3 is 5.11 Å². The fourth-order valence-electron chi connectivity index (χ4n) is 2.76. The Kier molecular flexibility index (Phi) is 2.53. The van der Waals surface area contributed by atoms with Gasteiger partial charge in [-0.25, -0.2) is 4.98 Å². The van der Waals surface area contributed by atoms with Gasteiger partial charge in [0.05, 0.1) is 21.7 Å². The average molecular weight is 223 g/mol. The lowest BCUT2D eigenvalue weighted by Gasteiger charge is -2.14. The molecule has 0 amide bonds. The van der Waals surface area contributed by atoms with E-state index in [0.29, 0.717) is 5.92 Å². The minimum absolute atomic E-state index is 0.221. The molecule has 1 saturated carbocycles. The van der Waals surface area contributed by atoms with Crippen LogP contribution >= 0.6 is 11.3 Å². The van der Waals surface area contributed by atoms with Gasteiger partial charge in [0.25, 0.3) is 0 Å². The molecule has 0 bridgehead atoms. The summed E-state index contributed by atoms with van der Waals surface area (Å²) < 4.78 is 0. The Morgan fingerprint density at radius 3 is 2.67 bits per heavy atom. The van der Waals surface area contributed by atoms with Crippen LogP contribution in [0.15, 0.2) is 0 Å². The summed E-state index contributed by atoms with van der Waals surface area (Å²) in [5.41, 5.74) is 1.20. The Labute approximate surface area is 94.4 Å². The number of thiazole rings is 1. The number of aromatic nitrogens is 1. The fraction of sp³-hybridized carbons (Fsp3) is 0.750. The van der Waals surface area contributed by atoms with Gasteiger partial charge in [0.2, 0.25) is 0 Å². The molecular weight excluding hydrogens is 206 g/mol. The number of hydrogen-bond donors (Lipinski definition) is 1. The zero-order valence-electron chi connectivity index (χ0n) is 8.91. The molecule has 1 aromatic heterocycles. The van der Waals surface area contributed by atoms with Crippen LogP contribution in [-0.4, -0.2) is 10.1 Å². The van der Waals surface area contributed by atoms with Crippen LogP contribution in [0.1, 0.15) is 66.1 Å². The Morgan fingerprint density at radius 1 is 1.13 bits per heavy atom. The van der Waals surface area contributed by atoms with Crippen molar-refractivity contribution in [3.05, 3.63) is 15.6 Å². The van der Waals surface area contributed by atoms with Crippen molar-refractivity contribution in [2.75, 3.05) is 0 Å². The molecule has 3 heteroatoms. The topological polar surface area (TPSA) is 33.1 Å². The lowest BCUT2D eigenvalue weighted by Crippen LogP contribution is -2.06. The molecule has 0 spiro atoms. The summed E-state index contributed by atoms with van der Waals surface area (Å²) >= 11 is 1.78. The van der Waals surface area contributed by atoms with Gasteiger partial charge >= 0.3 is 0 Å². The van der Waals surface area contributed by atoms with Crippen LogP contribution in [0, 0.1) is 0 Å². The molecule has 0 radical (unpaired) electrons. The Morgan fingerprint density at radius 2 is 1.93 bits per heavy atom. The molecule has 0 aromatic carbocycles. The number of aliphatic hydroxyl groups excluding tert-OH is 1. The van der Waals surface area contributed by atoms with Crippen molar-refractivity contribution in [1.29, 1.82) is 0 Å². The molecule has 1 atom stereocenters. The smallest absolute Gasteiger partial charge is 0.0963 e. The fourth-order valence-corrected chi connectivity index (χ4v) is 4.07. The van der Waals surface area contributed by atoms with Crippen molar-refractivity contribution < 1.29 is 5.11 Å². The van der Waals surface area contributed by atoms with Gasteiger partial charge in [0, 0.05) is 5.92 Å². The van der Waals surface area contributed by atoms with Crippen molar-refractivity contribution in [3.8, 4) is 0 Å². The van der Waals surface area contributed by atoms with Crippen LogP contribution in [0.4, 0.5) is 0 Å². The van der Waals surface area contributed by atoms with E-state index >= 15 is 0 Å². The van der Waals surface area contributed by atoms with E-state index in [1.807, 2.05) is 0 Å². The number of fused-ring (bicyclic) bond motifs is 1. The van der Waals surface area contributed by atoms with E-state index < -0.39 is 0 Å². The first-order valence-electron chi connectivity index (χ1n) is 6.02. The second-order valence-corrected chi connectivity index (χ2v) is 5.81. The van der Waals surface area contributed by atoms with E-state index in [4.69, 9.17) is 4.98 Å². The molecule has 1 aromatic rings. The molecular formula is C12H17NOS. The highest BCUT2D eigenvalue weighted by Crippen LogP contribution is 2.41. The SMILES string of the molecule is OC1CCCc2nc(C3CCCC3)sc21. The molecule has 15 heavy (non-hydrogen) atoms. The summed E-state index contributed by atoms with van der Waals surface area (Å²) in [6.45, 7) is 0. The first-order valence-corrected chi connectivity index (χ1v) is 6.84.